The van der Waals surface area contributed by atoms with Gasteiger partial charge in [0.15, 0.2) is 11.7 Å². The third-order valence-electron chi connectivity index (χ3n) is 6.28. The molecule has 0 aliphatic heterocycles. The molecule has 3 nitrogen and oxygen atoms in total. The molecule has 0 spiro atoms. The van der Waals surface area contributed by atoms with E-state index in [2.05, 4.69) is 112 Å². The van der Waals surface area contributed by atoms with Crippen molar-refractivity contribution >= 4 is 11.0 Å². The van der Waals surface area contributed by atoms with Crippen LogP contribution in [0.2, 0.25) is 0 Å². The van der Waals surface area contributed by atoms with Gasteiger partial charge in [-0.25, -0.2) is 4.98 Å². The number of rotatable bonds is 5. The van der Waals surface area contributed by atoms with E-state index in [9.17, 15) is 0 Å². The number of hydrogen-bond acceptors (Lipinski definition) is 1. The Hall–Kier alpha value is -2.94. The number of fused-ring (bicyclic) bond motifs is 1. The predicted molar refractivity (Wildman–Crippen MR) is 130 cm³/mol. The quantitative estimate of drug-likeness (QED) is 0.337. The summed E-state index contributed by atoms with van der Waals surface area (Å²) in [6.07, 6.45) is 3.07. The van der Waals surface area contributed by atoms with Crippen molar-refractivity contribution in [2.45, 2.75) is 59.8 Å². The Labute approximate surface area is 186 Å². The van der Waals surface area contributed by atoms with Gasteiger partial charge in [0, 0.05) is 18.1 Å². The lowest BCUT2D eigenvalue weighted by atomic mass is 9.92. The molecule has 0 fully saturated rings. The van der Waals surface area contributed by atoms with Crippen LogP contribution in [0.1, 0.15) is 69.0 Å². The number of para-hydroxylation sites is 1. The van der Waals surface area contributed by atoms with Crippen molar-refractivity contribution in [2.75, 3.05) is 0 Å². The molecule has 2 aromatic carbocycles. The normalized spacial score (nSPS) is 11.8. The van der Waals surface area contributed by atoms with E-state index in [4.69, 9.17) is 4.98 Å². The van der Waals surface area contributed by atoms with Gasteiger partial charge in [-0.05, 0) is 41.5 Å². The predicted octanol–water partition coefficient (Wildman–Crippen LogP) is 6.63. The van der Waals surface area contributed by atoms with Crippen LogP contribution in [-0.4, -0.2) is 9.55 Å². The molecular weight excluding hydrogens is 378 g/mol. The molecule has 0 bridgehead atoms. The highest BCUT2D eigenvalue weighted by Crippen LogP contribution is 2.35. The van der Waals surface area contributed by atoms with Crippen molar-refractivity contribution in [1.29, 1.82) is 0 Å². The van der Waals surface area contributed by atoms with E-state index in [1.165, 1.54) is 39.2 Å². The maximum atomic E-state index is 5.07. The average Bonchev–Trinajstić information content (AvgIpc) is 3.09. The van der Waals surface area contributed by atoms with Crippen molar-refractivity contribution in [2.24, 2.45) is 7.05 Å². The molecule has 31 heavy (non-hydrogen) atoms. The first kappa shape index (κ1) is 21.3. The summed E-state index contributed by atoms with van der Waals surface area (Å²) >= 11 is 0. The first-order chi connectivity index (χ1) is 14.8. The zero-order valence-electron chi connectivity index (χ0n) is 19.9. The Morgan fingerprint density at radius 1 is 0.935 bits per heavy atom. The minimum Gasteiger partial charge on any atom is -0.295 e. The van der Waals surface area contributed by atoms with E-state index in [1.54, 1.807) is 0 Å². The van der Waals surface area contributed by atoms with Crippen LogP contribution in [0.25, 0.3) is 28.0 Å². The standard InChI is InChI=1S/C28H34N3/c1-8-27-29-24-17-30(7)25(23-13-10-9-12-20(23)6)16-26(24)31(27)28-21(18(2)3)14-11-15-22(28)19(4)5/h9-19H,8H2,1-7H3/q+1. The molecule has 0 N–H and O–H groups in total. The molecule has 0 saturated carbocycles. The Bertz CT molecular complexity index is 1220. The molecule has 3 heteroatoms. The van der Waals surface area contributed by atoms with Crippen LogP contribution in [0, 0.1) is 6.92 Å². The second-order valence-electron chi connectivity index (χ2n) is 9.17. The second kappa shape index (κ2) is 8.30. The van der Waals surface area contributed by atoms with Crippen molar-refractivity contribution < 1.29 is 4.57 Å². The van der Waals surface area contributed by atoms with Crippen LogP contribution in [-0.2, 0) is 13.5 Å². The van der Waals surface area contributed by atoms with E-state index >= 15 is 0 Å². The Morgan fingerprint density at radius 3 is 2.16 bits per heavy atom. The zero-order valence-corrected chi connectivity index (χ0v) is 19.9. The van der Waals surface area contributed by atoms with Gasteiger partial charge < -0.3 is 0 Å². The number of nitrogens with zero attached hydrogens (tertiary/aromatic N) is 3. The molecule has 0 unspecified atom stereocenters. The fourth-order valence-corrected chi connectivity index (χ4v) is 4.60. The van der Waals surface area contributed by atoms with E-state index in [0.29, 0.717) is 11.8 Å². The van der Waals surface area contributed by atoms with E-state index in [1.807, 2.05) is 0 Å². The lowest BCUT2D eigenvalue weighted by Crippen LogP contribution is -2.30. The summed E-state index contributed by atoms with van der Waals surface area (Å²) in [6.45, 7) is 13.5. The highest BCUT2D eigenvalue weighted by atomic mass is 15.1. The van der Waals surface area contributed by atoms with Gasteiger partial charge in [-0.3, -0.25) is 4.57 Å². The lowest BCUT2D eigenvalue weighted by Gasteiger charge is -2.22. The minimum absolute atomic E-state index is 0.437. The smallest absolute Gasteiger partial charge is 0.214 e. The van der Waals surface area contributed by atoms with Crippen molar-refractivity contribution in [1.82, 2.24) is 9.55 Å². The monoisotopic (exact) mass is 412 g/mol. The van der Waals surface area contributed by atoms with Gasteiger partial charge in [0.2, 0.25) is 5.69 Å². The van der Waals surface area contributed by atoms with Gasteiger partial charge >= 0.3 is 0 Å². The first-order valence-corrected chi connectivity index (χ1v) is 11.4. The van der Waals surface area contributed by atoms with Gasteiger partial charge in [0.1, 0.15) is 12.9 Å². The van der Waals surface area contributed by atoms with Crippen molar-refractivity contribution in [3.05, 3.63) is 77.2 Å². The molecule has 0 saturated heterocycles. The minimum atomic E-state index is 0.437. The van der Waals surface area contributed by atoms with Crippen LogP contribution >= 0.6 is 0 Å². The van der Waals surface area contributed by atoms with Crippen molar-refractivity contribution in [3.8, 4) is 16.9 Å². The van der Waals surface area contributed by atoms with Gasteiger partial charge in [-0.1, -0.05) is 71.0 Å². The van der Waals surface area contributed by atoms with E-state index in [0.717, 1.165) is 17.8 Å². The second-order valence-corrected chi connectivity index (χ2v) is 9.17. The van der Waals surface area contributed by atoms with Crippen LogP contribution in [0.15, 0.2) is 54.7 Å². The molecule has 0 aliphatic carbocycles. The highest BCUT2D eigenvalue weighted by molar-refractivity contribution is 5.81. The number of benzene rings is 2. The van der Waals surface area contributed by atoms with E-state index < -0.39 is 0 Å². The molecule has 4 aromatic rings. The highest BCUT2D eigenvalue weighted by Gasteiger charge is 2.23. The summed E-state index contributed by atoms with van der Waals surface area (Å²) in [5.41, 5.74) is 10.1. The molecular formula is C28H34N3+. The Morgan fingerprint density at radius 2 is 1.58 bits per heavy atom. The number of hydrogen-bond donors (Lipinski definition) is 0. The van der Waals surface area contributed by atoms with Gasteiger partial charge in [0.05, 0.1) is 11.2 Å². The fourth-order valence-electron chi connectivity index (χ4n) is 4.60. The van der Waals surface area contributed by atoms with Gasteiger partial charge in [0.25, 0.3) is 0 Å². The number of aromatic nitrogens is 3. The molecule has 4 rings (SSSR count). The van der Waals surface area contributed by atoms with Crippen LogP contribution in [0.4, 0.5) is 0 Å². The zero-order chi connectivity index (χ0) is 22.3. The summed E-state index contributed by atoms with van der Waals surface area (Å²) in [7, 11) is 2.12. The SMILES string of the molecule is CCc1nc2c[n+](C)c(-c3ccccc3C)cc2n1-c1c(C(C)C)cccc1C(C)C. The first-order valence-electron chi connectivity index (χ1n) is 11.4. The van der Waals surface area contributed by atoms with Crippen LogP contribution < -0.4 is 4.57 Å². The maximum absolute atomic E-state index is 5.07. The van der Waals surface area contributed by atoms with Gasteiger partial charge in [-0.2, -0.15) is 4.57 Å². The lowest BCUT2D eigenvalue weighted by molar-refractivity contribution is -0.659. The number of pyridine rings is 1. The fraction of sp³-hybridized carbons (Fsp3) is 0.357. The van der Waals surface area contributed by atoms with E-state index in [-0.39, 0.29) is 0 Å². The van der Waals surface area contributed by atoms with Crippen molar-refractivity contribution in [3.63, 3.8) is 0 Å². The third-order valence-corrected chi connectivity index (χ3v) is 6.28. The molecule has 2 heterocycles. The van der Waals surface area contributed by atoms with Gasteiger partial charge in [-0.15, -0.1) is 0 Å². The Kier molecular flexibility index (Phi) is 5.70. The average molecular weight is 413 g/mol. The largest absolute Gasteiger partial charge is 0.295 e. The summed E-state index contributed by atoms with van der Waals surface area (Å²) in [5, 5.41) is 0. The molecule has 2 aromatic heterocycles. The molecule has 0 atom stereocenters. The summed E-state index contributed by atoms with van der Waals surface area (Å²) in [5.74, 6) is 1.99. The van der Waals surface area contributed by atoms with Crippen LogP contribution in [0.5, 0.6) is 0 Å². The summed E-state index contributed by atoms with van der Waals surface area (Å²) < 4.78 is 4.64. The molecule has 0 radical (unpaired) electrons. The topological polar surface area (TPSA) is 21.7 Å². The molecule has 160 valence electrons. The maximum Gasteiger partial charge on any atom is 0.214 e. The Balaban J connectivity index is 2.11. The summed E-state index contributed by atoms with van der Waals surface area (Å²) in [4.78, 5) is 5.07. The third kappa shape index (κ3) is 3.67. The number of imidazole rings is 1. The number of aryl methyl sites for hydroxylation is 3. The van der Waals surface area contributed by atoms with Crippen LogP contribution in [0.3, 0.4) is 0 Å². The summed E-state index contributed by atoms with van der Waals surface area (Å²) in [6, 6.07) is 17.7. The molecule has 0 amide bonds. The molecule has 0 aliphatic rings.